The molecule has 0 bridgehead atoms. The van der Waals surface area contributed by atoms with Crippen molar-refractivity contribution in [2.75, 3.05) is 26.9 Å². The highest BCUT2D eigenvalue weighted by Gasteiger charge is 2.57. The third kappa shape index (κ3) is 11.8. The van der Waals surface area contributed by atoms with Crippen LogP contribution < -0.4 is 4.74 Å². The average molecular weight is 903 g/mol. The summed E-state index contributed by atoms with van der Waals surface area (Å²) in [6.07, 6.45) is -4.47. The summed E-state index contributed by atoms with van der Waals surface area (Å²) in [7, 11) is 1.65. The van der Waals surface area contributed by atoms with E-state index >= 15 is 0 Å². The highest BCUT2D eigenvalue weighted by Crippen LogP contribution is 2.42. The molecule has 9 rings (SSSR count). The van der Waals surface area contributed by atoms with Gasteiger partial charge in [0, 0.05) is 17.7 Å². The Morgan fingerprint density at radius 1 is 0.455 bits per heavy atom. The summed E-state index contributed by atoms with van der Waals surface area (Å²) in [5.41, 5.74) is 4.71. The molecule has 0 amide bonds. The lowest BCUT2D eigenvalue weighted by Crippen LogP contribution is -2.67. The molecule has 4 fully saturated rings. The van der Waals surface area contributed by atoms with Crippen molar-refractivity contribution in [3.05, 3.63) is 173 Å². The van der Waals surface area contributed by atoms with Crippen molar-refractivity contribution in [2.24, 2.45) is 0 Å². The zero-order valence-corrected chi connectivity index (χ0v) is 37.8. The Hall–Kier alpha value is -4.54. The summed E-state index contributed by atoms with van der Waals surface area (Å²) in [4.78, 5) is 0. The van der Waals surface area contributed by atoms with Crippen LogP contribution >= 0.6 is 0 Å². The minimum atomic E-state index is -1.03. The Morgan fingerprint density at radius 2 is 0.924 bits per heavy atom. The maximum atomic E-state index is 7.34. The first-order valence-electron chi connectivity index (χ1n) is 23.4. The van der Waals surface area contributed by atoms with Crippen LogP contribution in [0.2, 0.25) is 0 Å². The largest absolute Gasteiger partial charge is 0.497 e. The Bertz CT molecular complexity index is 2150. The monoisotopic (exact) mass is 902 g/mol. The second-order valence-corrected chi connectivity index (χ2v) is 17.1. The van der Waals surface area contributed by atoms with Gasteiger partial charge in [0.1, 0.15) is 54.6 Å². The number of methoxy groups -OCH3 is 1. The van der Waals surface area contributed by atoms with Gasteiger partial charge in [0.15, 0.2) is 25.2 Å². The standard InChI is InChI=1S/C54H62O12/c1-3-4-5-18-31-56-53-50(48(58-33-38-21-12-7-13-22-38)46-43(62-53)35-60-52(65-46)41-25-16-9-17-26-41)66-54-49(59-34-39-27-29-42(55-2)30-28-39)47(57-32-37-19-10-6-11-20-37)45-44(63-54)36-61-51(64-45)40-23-14-8-15-24-40/h6-17,19-30,43-54H,3-5,18,31-36H2,1-2H3/t43-,44-,45-,46-,47+,48+,49+,50+,51?,52?,53-,54+/m1/s1. The molecule has 2 unspecified atom stereocenters. The van der Waals surface area contributed by atoms with Gasteiger partial charge in [-0.05, 0) is 35.2 Å². The van der Waals surface area contributed by atoms with Gasteiger partial charge >= 0.3 is 0 Å². The predicted molar refractivity (Wildman–Crippen MR) is 244 cm³/mol. The smallest absolute Gasteiger partial charge is 0.187 e. The van der Waals surface area contributed by atoms with Gasteiger partial charge < -0.3 is 56.8 Å². The van der Waals surface area contributed by atoms with E-state index in [9.17, 15) is 0 Å². The zero-order chi connectivity index (χ0) is 44.9. The van der Waals surface area contributed by atoms with Crippen LogP contribution in [0.5, 0.6) is 5.75 Å². The lowest BCUT2D eigenvalue weighted by atomic mass is 9.95. The molecule has 0 N–H and O–H groups in total. The minimum absolute atomic E-state index is 0.218. The van der Waals surface area contributed by atoms with Crippen LogP contribution in [0.25, 0.3) is 0 Å². The summed E-state index contributed by atoms with van der Waals surface area (Å²) in [5, 5.41) is 0. The zero-order valence-electron chi connectivity index (χ0n) is 37.8. The number of unbranched alkanes of at least 4 members (excludes halogenated alkanes) is 3. The first-order chi connectivity index (χ1) is 32.6. The molecule has 12 nitrogen and oxygen atoms in total. The van der Waals surface area contributed by atoms with Crippen molar-refractivity contribution in [3.8, 4) is 5.75 Å². The van der Waals surface area contributed by atoms with E-state index in [1.54, 1.807) is 7.11 Å². The van der Waals surface area contributed by atoms with Gasteiger partial charge in [0.25, 0.3) is 0 Å². The normalized spacial score (nSPS) is 29.7. The molecule has 0 spiro atoms. The van der Waals surface area contributed by atoms with E-state index in [-0.39, 0.29) is 26.4 Å². The van der Waals surface area contributed by atoms with Gasteiger partial charge in [0.05, 0.1) is 40.1 Å². The van der Waals surface area contributed by atoms with Crippen LogP contribution in [0, 0.1) is 0 Å². The number of hydrogen-bond donors (Lipinski definition) is 0. The van der Waals surface area contributed by atoms with Crippen molar-refractivity contribution in [1.82, 2.24) is 0 Å². The van der Waals surface area contributed by atoms with Gasteiger partial charge in [-0.2, -0.15) is 0 Å². The summed E-state index contributed by atoms with van der Waals surface area (Å²) in [5.74, 6) is 0.748. The van der Waals surface area contributed by atoms with E-state index in [0.29, 0.717) is 13.2 Å². The highest BCUT2D eigenvalue weighted by atomic mass is 16.8. The highest BCUT2D eigenvalue weighted by molar-refractivity contribution is 5.27. The lowest BCUT2D eigenvalue weighted by molar-refractivity contribution is -0.413. The third-order valence-corrected chi connectivity index (χ3v) is 12.5. The van der Waals surface area contributed by atoms with Crippen LogP contribution in [-0.2, 0) is 71.9 Å². The molecule has 350 valence electrons. The Balaban J connectivity index is 1.07. The lowest BCUT2D eigenvalue weighted by Gasteiger charge is -2.52. The molecule has 4 aliphatic heterocycles. The van der Waals surface area contributed by atoms with E-state index in [1.165, 1.54) is 0 Å². The summed E-state index contributed by atoms with van der Waals surface area (Å²) in [6.45, 7) is 3.94. The SMILES string of the molecule is CCCCCCO[C@@H]1O[C@@H]2COC(c3ccccc3)O[C@H]2[C@H](OCc2ccccc2)[C@@H]1O[C@@H]1O[C@@H]2COC(c3ccccc3)O[C@H]2[C@H](OCc2ccccc2)[C@@H]1OCc1ccc(OC)cc1. The second-order valence-electron chi connectivity index (χ2n) is 17.1. The summed E-state index contributed by atoms with van der Waals surface area (Å²) >= 11 is 0. The predicted octanol–water partition coefficient (Wildman–Crippen LogP) is 9.41. The van der Waals surface area contributed by atoms with Crippen LogP contribution in [0.1, 0.15) is 73.0 Å². The van der Waals surface area contributed by atoms with Crippen molar-refractivity contribution < 1.29 is 56.8 Å². The molecule has 5 aromatic rings. The van der Waals surface area contributed by atoms with Gasteiger partial charge in [-0.15, -0.1) is 0 Å². The topological polar surface area (TPSA) is 111 Å². The minimum Gasteiger partial charge on any atom is -0.497 e. The number of benzene rings is 5. The molecule has 4 aliphatic rings. The molecule has 66 heavy (non-hydrogen) atoms. The molecular formula is C54H62O12. The first-order valence-corrected chi connectivity index (χ1v) is 23.4. The van der Waals surface area contributed by atoms with Gasteiger partial charge in [-0.25, -0.2) is 0 Å². The molecular weight excluding hydrogens is 841 g/mol. The molecule has 0 aliphatic carbocycles. The van der Waals surface area contributed by atoms with Crippen LogP contribution in [0.4, 0.5) is 0 Å². The van der Waals surface area contributed by atoms with Gasteiger partial charge in [-0.3, -0.25) is 0 Å². The fourth-order valence-electron chi connectivity index (χ4n) is 8.93. The Kier molecular flexibility index (Phi) is 16.5. The van der Waals surface area contributed by atoms with E-state index in [0.717, 1.165) is 59.3 Å². The summed E-state index contributed by atoms with van der Waals surface area (Å²) < 4.78 is 80.7. The molecule has 5 aromatic carbocycles. The molecule has 4 heterocycles. The molecule has 12 atom stereocenters. The second kappa shape index (κ2) is 23.5. The maximum Gasteiger partial charge on any atom is 0.187 e. The van der Waals surface area contributed by atoms with Crippen LogP contribution in [-0.4, -0.2) is 88.3 Å². The van der Waals surface area contributed by atoms with E-state index in [1.807, 2.05) is 146 Å². The molecule has 0 aromatic heterocycles. The van der Waals surface area contributed by atoms with Gasteiger partial charge in [-0.1, -0.05) is 160 Å². The van der Waals surface area contributed by atoms with Gasteiger partial charge in [0.2, 0.25) is 0 Å². The molecule has 12 heteroatoms. The summed E-state index contributed by atoms with van der Waals surface area (Å²) in [6, 6.07) is 47.7. The molecule has 4 saturated heterocycles. The van der Waals surface area contributed by atoms with E-state index in [2.05, 4.69) is 6.92 Å². The number of rotatable bonds is 20. The first kappa shape index (κ1) is 46.6. The van der Waals surface area contributed by atoms with Crippen LogP contribution in [0.3, 0.4) is 0 Å². The number of fused-ring (bicyclic) bond motifs is 2. The van der Waals surface area contributed by atoms with Crippen molar-refractivity contribution in [1.29, 1.82) is 0 Å². The van der Waals surface area contributed by atoms with Crippen molar-refractivity contribution >= 4 is 0 Å². The van der Waals surface area contributed by atoms with Crippen LogP contribution in [0.15, 0.2) is 146 Å². The Labute approximate surface area is 388 Å². The number of hydrogen-bond acceptors (Lipinski definition) is 12. The van der Waals surface area contributed by atoms with E-state index < -0.39 is 74.0 Å². The number of ether oxygens (including phenoxy) is 12. The van der Waals surface area contributed by atoms with E-state index in [4.69, 9.17) is 56.8 Å². The fourth-order valence-corrected chi connectivity index (χ4v) is 8.93. The quantitative estimate of drug-likeness (QED) is 0.0695. The van der Waals surface area contributed by atoms with Crippen molar-refractivity contribution in [3.63, 3.8) is 0 Å². The maximum absolute atomic E-state index is 7.34. The molecule has 0 radical (unpaired) electrons. The third-order valence-electron chi connectivity index (χ3n) is 12.5. The Morgan fingerprint density at radius 3 is 1.44 bits per heavy atom. The average Bonchev–Trinajstić information content (AvgIpc) is 3.38. The molecule has 0 saturated carbocycles. The fraction of sp³-hybridized carbons (Fsp3) is 0.444. The van der Waals surface area contributed by atoms with Crippen molar-refractivity contribution in [2.45, 2.75) is 126 Å².